The molecule has 0 unspecified atom stereocenters. The summed E-state index contributed by atoms with van der Waals surface area (Å²) in [6.45, 7) is 1.94. The molecule has 4 N–H and O–H groups in total. The van der Waals surface area contributed by atoms with Crippen LogP contribution < -0.4 is 30.9 Å². The largest absolute Gasteiger partial charge is 0.497 e. The number of nitrogens with zero attached hydrogens (tertiary/aromatic N) is 3. The zero-order valence-electron chi connectivity index (χ0n) is 22.2. The van der Waals surface area contributed by atoms with Gasteiger partial charge in [-0.05, 0) is 60.0 Å². The Labute approximate surface area is 231 Å². The molecule has 3 aromatic carbocycles. The van der Waals surface area contributed by atoms with Crippen LogP contribution >= 0.6 is 0 Å². The number of aromatic nitrogens is 2. The highest BCUT2D eigenvalue weighted by Crippen LogP contribution is 2.36. The van der Waals surface area contributed by atoms with Crippen LogP contribution in [0.1, 0.15) is 37.4 Å². The van der Waals surface area contributed by atoms with E-state index in [1.165, 1.54) is 0 Å². The quantitative estimate of drug-likeness (QED) is 0.266. The number of hydrogen-bond acceptors (Lipinski definition) is 8. The maximum absolute atomic E-state index is 12.5. The zero-order valence-corrected chi connectivity index (χ0v) is 22.2. The molecule has 10 nitrogen and oxygen atoms in total. The number of para-hydroxylation sites is 1. The van der Waals surface area contributed by atoms with Crippen molar-refractivity contribution in [2.24, 2.45) is 0 Å². The summed E-state index contributed by atoms with van der Waals surface area (Å²) in [6.07, 6.45) is 0.753. The van der Waals surface area contributed by atoms with Gasteiger partial charge in [0.1, 0.15) is 17.4 Å². The zero-order chi connectivity index (χ0) is 27.6. The summed E-state index contributed by atoms with van der Waals surface area (Å²) in [7, 11) is 3.27. The summed E-state index contributed by atoms with van der Waals surface area (Å²) >= 11 is 0. The molecule has 2 aliphatic heterocycles. The van der Waals surface area contributed by atoms with Crippen LogP contribution in [0.2, 0.25) is 0 Å². The number of nitrogens with one attached hydrogen (secondary N) is 4. The van der Waals surface area contributed by atoms with Gasteiger partial charge in [-0.25, -0.2) is 0 Å². The third-order valence-electron chi connectivity index (χ3n) is 7.15. The first kappa shape index (κ1) is 25.2. The van der Waals surface area contributed by atoms with E-state index >= 15 is 0 Å². The van der Waals surface area contributed by atoms with E-state index in [9.17, 15) is 9.59 Å². The lowest BCUT2D eigenvalue weighted by molar-refractivity contribution is 0.0956. The number of ether oxygens (including phenoxy) is 1. The van der Waals surface area contributed by atoms with Crippen molar-refractivity contribution in [3.8, 4) is 5.75 Å². The van der Waals surface area contributed by atoms with Gasteiger partial charge in [0.05, 0.1) is 18.4 Å². The van der Waals surface area contributed by atoms with Gasteiger partial charge in [0.2, 0.25) is 5.95 Å². The van der Waals surface area contributed by atoms with E-state index < -0.39 is 0 Å². The lowest BCUT2D eigenvalue weighted by Crippen LogP contribution is -2.21. The van der Waals surface area contributed by atoms with E-state index in [1.54, 1.807) is 20.2 Å². The van der Waals surface area contributed by atoms with E-state index in [0.29, 0.717) is 41.7 Å². The normalized spacial score (nSPS) is 13.3. The average molecular weight is 536 g/mol. The van der Waals surface area contributed by atoms with Crippen LogP contribution in [0.15, 0.2) is 66.7 Å². The smallest absolute Gasteiger partial charge is 0.253 e. The van der Waals surface area contributed by atoms with Gasteiger partial charge >= 0.3 is 0 Å². The number of benzene rings is 3. The van der Waals surface area contributed by atoms with E-state index in [1.807, 2.05) is 48.5 Å². The fraction of sp³-hybridized carbons (Fsp3) is 0.200. The summed E-state index contributed by atoms with van der Waals surface area (Å²) in [5.74, 6) is 2.44. The number of methoxy groups -OCH3 is 1. The van der Waals surface area contributed by atoms with Gasteiger partial charge in [-0.2, -0.15) is 9.97 Å². The molecule has 4 aromatic rings. The Kier molecular flexibility index (Phi) is 6.65. The van der Waals surface area contributed by atoms with Crippen molar-refractivity contribution in [1.29, 1.82) is 0 Å². The highest BCUT2D eigenvalue weighted by atomic mass is 16.5. The molecule has 0 atom stereocenters. The van der Waals surface area contributed by atoms with Crippen LogP contribution in [0.4, 0.5) is 29.0 Å². The van der Waals surface area contributed by atoms with Gasteiger partial charge in [0, 0.05) is 43.5 Å². The minimum atomic E-state index is -0.186. The minimum Gasteiger partial charge on any atom is -0.497 e. The molecule has 1 aromatic heterocycles. The third-order valence-corrected chi connectivity index (χ3v) is 7.15. The Bertz CT molecular complexity index is 1600. The van der Waals surface area contributed by atoms with Crippen LogP contribution in [0, 0.1) is 0 Å². The van der Waals surface area contributed by atoms with Crippen LogP contribution in [-0.2, 0) is 19.5 Å². The number of rotatable bonds is 8. The maximum atomic E-state index is 12.5. The SMILES string of the molecule is CNC(=O)c1ccccc1Nc1nc(Nc2ccc3c(c2)CNC3=O)nc2c1CCN2Cc1ccc(OC)cc1. The summed E-state index contributed by atoms with van der Waals surface area (Å²) in [6, 6.07) is 21.0. The van der Waals surface area contributed by atoms with Crippen molar-refractivity contribution in [1.82, 2.24) is 20.6 Å². The molecular weight excluding hydrogens is 506 g/mol. The number of amides is 2. The number of anilines is 5. The Morgan fingerprint density at radius 3 is 2.67 bits per heavy atom. The molecule has 40 heavy (non-hydrogen) atoms. The van der Waals surface area contributed by atoms with Crippen molar-refractivity contribution in [2.75, 3.05) is 36.2 Å². The standard InChI is InChI=1S/C30H29N7O3/c1-31-28(38)23-5-3-4-6-25(23)34-26-24-13-14-37(17-18-7-10-21(40-2)11-8-18)27(24)36-30(35-26)33-20-9-12-22-19(15-20)16-32-29(22)39/h3-12,15H,13-14,16-17H2,1-2H3,(H,31,38)(H,32,39)(H2,33,34,35,36). The first-order chi connectivity index (χ1) is 19.5. The first-order valence-electron chi connectivity index (χ1n) is 13.1. The average Bonchev–Trinajstić information content (AvgIpc) is 3.56. The Morgan fingerprint density at radius 1 is 1.05 bits per heavy atom. The van der Waals surface area contributed by atoms with Gasteiger partial charge in [-0.15, -0.1) is 0 Å². The molecular formula is C30H29N7O3. The van der Waals surface area contributed by atoms with Crippen molar-refractivity contribution >= 4 is 40.8 Å². The molecule has 0 aliphatic carbocycles. The molecule has 0 saturated carbocycles. The van der Waals surface area contributed by atoms with E-state index in [2.05, 4.69) is 38.3 Å². The molecule has 2 aliphatic rings. The Balaban J connectivity index is 1.36. The third kappa shape index (κ3) is 4.86. The van der Waals surface area contributed by atoms with Crippen molar-refractivity contribution in [3.63, 3.8) is 0 Å². The molecule has 0 radical (unpaired) electrons. The molecule has 202 valence electrons. The molecule has 0 fully saturated rings. The van der Waals surface area contributed by atoms with Crippen LogP contribution in [0.5, 0.6) is 5.75 Å². The van der Waals surface area contributed by atoms with Gasteiger partial charge in [0.25, 0.3) is 11.8 Å². The lowest BCUT2D eigenvalue weighted by atomic mass is 10.1. The lowest BCUT2D eigenvalue weighted by Gasteiger charge is -2.20. The van der Waals surface area contributed by atoms with Gasteiger partial charge in [0.15, 0.2) is 0 Å². The van der Waals surface area contributed by atoms with Crippen LogP contribution in [-0.4, -0.2) is 42.5 Å². The second-order valence-electron chi connectivity index (χ2n) is 9.65. The summed E-state index contributed by atoms with van der Waals surface area (Å²) in [5.41, 5.74) is 5.69. The molecule has 2 amide bonds. The maximum Gasteiger partial charge on any atom is 0.253 e. The topological polar surface area (TPSA) is 121 Å². The summed E-state index contributed by atoms with van der Waals surface area (Å²) in [4.78, 5) is 36.5. The first-order valence-corrected chi connectivity index (χ1v) is 13.1. The van der Waals surface area contributed by atoms with Gasteiger partial charge in [-0.3, -0.25) is 9.59 Å². The molecule has 10 heteroatoms. The Morgan fingerprint density at radius 2 is 1.88 bits per heavy atom. The van der Waals surface area contributed by atoms with Crippen molar-refractivity contribution in [2.45, 2.75) is 19.5 Å². The second kappa shape index (κ2) is 10.6. The predicted octanol–water partition coefficient (Wildman–Crippen LogP) is 4.14. The molecule has 6 rings (SSSR count). The summed E-state index contributed by atoms with van der Waals surface area (Å²) in [5, 5.41) is 12.3. The molecule has 0 saturated heterocycles. The number of fused-ring (bicyclic) bond motifs is 2. The fourth-order valence-electron chi connectivity index (χ4n) is 5.07. The Hall–Kier alpha value is -5.12. The number of hydrogen-bond donors (Lipinski definition) is 4. The minimum absolute atomic E-state index is 0.0641. The molecule has 0 bridgehead atoms. The summed E-state index contributed by atoms with van der Waals surface area (Å²) < 4.78 is 5.31. The second-order valence-corrected chi connectivity index (χ2v) is 9.65. The van der Waals surface area contributed by atoms with Gasteiger partial charge in [-0.1, -0.05) is 24.3 Å². The highest BCUT2D eigenvalue weighted by molar-refractivity contribution is 6.00. The van der Waals surface area contributed by atoms with Gasteiger partial charge < -0.3 is 30.9 Å². The van der Waals surface area contributed by atoms with E-state index in [-0.39, 0.29) is 11.8 Å². The monoisotopic (exact) mass is 535 g/mol. The fourth-order valence-corrected chi connectivity index (χ4v) is 5.07. The van der Waals surface area contributed by atoms with Crippen LogP contribution in [0.25, 0.3) is 0 Å². The predicted molar refractivity (Wildman–Crippen MR) is 154 cm³/mol. The van der Waals surface area contributed by atoms with E-state index in [4.69, 9.17) is 14.7 Å². The van der Waals surface area contributed by atoms with Crippen LogP contribution in [0.3, 0.4) is 0 Å². The number of carbonyl (C=O) groups is 2. The van der Waals surface area contributed by atoms with Crippen molar-refractivity contribution < 1.29 is 14.3 Å². The molecule has 3 heterocycles. The molecule has 0 spiro atoms. The number of carbonyl (C=O) groups excluding carboxylic acids is 2. The highest BCUT2D eigenvalue weighted by Gasteiger charge is 2.27. The van der Waals surface area contributed by atoms with E-state index in [0.717, 1.165) is 46.9 Å². The van der Waals surface area contributed by atoms with Crippen molar-refractivity contribution in [3.05, 3.63) is 94.5 Å².